The van der Waals surface area contributed by atoms with Gasteiger partial charge in [0.25, 0.3) is 5.56 Å². The fraction of sp³-hybridized carbons (Fsp3) is 0.333. The summed E-state index contributed by atoms with van der Waals surface area (Å²) in [6.07, 6.45) is -0.588. The highest BCUT2D eigenvalue weighted by atomic mass is 32.2. The molecule has 7 nitrogen and oxygen atoms in total. The maximum atomic E-state index is 12.7. The zero-order valence-electron chi connectivity index (χ0n) is 12.6. The summed E-state index contributed by atoms with van der Waals surface area (Å²) in [5.74, 6) is 0.350. The van der Waals surface area contributed by atoms with E-state index in [1.54, 1.807) is 37.3 Å². The number of nitrogens with one attached hydrogen (secondary N) is 1. The smallest absolute Gasteiger partial charge is 0.251 e. The van der Waals surface area contributed by atoms with Gasteiger partial charge in [-0.3, -0.25) is 4.79 Å². The van der Waals surface area contributed by atoms with Crippen molar-refractivity contribution in [1.82, 2.24) is 14.3 Å². The Balaban J connectivity index is 1.88. The molecular formula is C15H17N3O4S. The molecule has 0 saturated carbocycles. The molecule has 1 atom stereocenters. The predicted octanol–water partition coefficient (Wildman–Crippen LogP) is 0.841. The molecule has 23 heavy (non-hydrogen) atoms. The second-order valence-electron chi connectivity index (χ2n) is 5.31. The van der Waals surface area contributed by atoms with Gasteiger partial charge in [-0.05, 0) is 19.1 Å². The van der Waals surface area contributed by atoms with E-state index in [0.29, 0.717) is 11.5 Å². The lowest BCUT2D eigenvalue weighted by Gasteiger charge is -2.31. The van der Waals surface area contributed by atoms with E-state index in [1.807, 2.05) is 0 Å². The van der Waals surface area contributed by atoms with Crippen molar-refractivity contribution in [1.29, 1.82) is 0 Å². The van der Waals surface area contributed by atoms with E-state index in [1.165, 1.54) is 10.4 Å². The van der Waals surface area contributed by atoms with Crippen molar-refractivity contribution >= 4 is 10.0 Å². The predicted molar refractivity (Wildman–Crippen MR) is 83.5 cm³/mol. The zero-order valence-corrected chi connectivity index (χ0v) is 13.4. The normalized spacial score (nSPS) is 19.6. The van der Waals surface area contributed by atoms with Crippen molar-refractivity contribution in [3.8, 4) is 0 Å². The van der Waals surface area contributed by atoms with Gasteiger partial charge in [0.15, 0.2) is 0 Å². The molecule has 122 valence electrons. The molecule has 0 aliphatic carbocycles. The standard InChI is InChI=1S/C15H17N3O4S/c1-11-9-14(19)17-15(16-11)13-10-18(7-8-22-13)23(20,21)12-5-3-2-4-6-12/h2-6,9,13H,7-8,10H2,1H3,(H,16,17,19). The molecule has 1 unspecified atom stereocenters. The summed E-state index contributed by atoms with van der Waals surface area (Å²) in [5.41, 5.74) is 0.287. The zero-order chi connectivity index (χ0) is 16.4. The summed E-state index contributed by atoms with van der Waals surface area (Å²) < 4.78 is 32.3. The first-order valence-corrected chi connectivity index (χ1v) is 8.65. The summed E-state index contributed by atoms with van der Waals surface area (Å²) in [6.45, 7) is 2.34. The monoisotopic (exact) mass is 335 g/mol. The van der Waals surface area contributed by atoms with E-state index in [9.17, 15) is 13.2 Å². The fourth-order valence-electron chi connectivity index (χ4n) is 2.51. The average Bonchev–Trinajstić information content (AvgIpc) is 2.55. The molecule has 2 heterocycles. The van der Waals surface area contributed by atoms with Crippen LogP contribution >= 0.6 is 0 Å². The first-order chi connectivity index (χ1) is 11.0. The van der Waals surface area contributed by atoms with E-state index in [-0.39, 0.29) is 30.2 Å². The van der Waals surface area contributed by atoms with Crippen LogP contribution in [0.5, 0.6) is 0 Å². The van der Waals surface area contributed by atoms with Crippen LogP contribution in [0, 0.1) is 6.92 Å². The van der Waals surface area contributed by atoms with Gasteiger partial charge in [-0.25, -0.2) is 13.4 Å². The number of aromatic amines is 1. The lowest BCUT2D eigenvalue weighted by Crippen LogP contribution is -2.42. The molecule has 3 rings (SSSR count). The van der Waals surface area contributed by atoms with Gasteiger partial charge >= 0.3 is 0 Å². The number of aryl methyl sites for hydroxylation is 1. The highest BCUT2D eigenvalue weighted by molar-refractivity contribution is 7.89. The quantitative estimate of drug-likeness (QED) is 0.897. The minimum atomic E-state index is -3.59. The molecule has 0 radical (unpaired) electrons. The number of hydrogen-bond acceptors (Lipinski definition) is 5. The van der Waals surface area contributed by atoms with Crippen LogP contribution in [0.4, 0.5) is 0 Å². The largest absolute Gasteiger partial charge is 0.368 e. The van der Waals surface area contributed by atoms with E-state index in [2.05, 4.69) is 9.97 Å². The van der Waals surface area contributed by atoms with Gasteiger partial charge in [0, 0.05) is 24.8 Å². The summed E-state index contributed by atoms with van der Waals surface area (Å²) in [4.78, 5) is 18.7. The van der Waals surface area contributed by atoms with Crippen LogP contribution in [-0.2, 0) is 14.8 Å². The Labute approximate surface area is 134 Å². The van der Waals surface area contributed by atoms with E-state index in [0.717, 1.165) is 0 Å². The van der Waals surface area contributed by atoms with Crippen LogP contribution in [0.1, 0.15) is 17.6 Å². The van der Waals surface area contributed by atoms with Crippen molar-refractivity contribution < 1.29 is 13.2 Å². The van der Waals surface area contributed by atoms with Crippen LogP contribution in [-0.4, -0.2) is 42.4 Å². The molecular weight excluding hydrogens is 318 g/mol. The number of rotatable bonds is 3. The average molecular weight is 335 g/mol. The van der Waals surface area contributed by atoms with Gasteiger partial charge in [0.1, 0.15) is 11.9 Å². The molecule has 1 aliphatic rings. The van der Waals surface area contributed by atoms with E-state index >= 15 is 0 Å². The van der Waals surface area contributed by atoms with Gasteiger partial charge in [-0.2, -0.15) is 4.31 Å². The number of morpholine rings is 1. The lowest BCUT2D eigenvalue weighted by atomic mass is 10.3. The van der Waals surface area contributed by atoms with Crippen molar-refractivity contribution in [3.05, 3.63) is 58.3 Å². The molecule has 8 heteroatoms. The SMILES string of the molecule is Cc1cc(=O)[nH]c(C2CN(S(=O)(=O)c3ccccc3)CCO2)n1. The summed E-state index contributed by atoms with van der Waals surface area (Å²) in [7, 11) is -3.59. The number of hydrogen-bond donors (Lipinski definition) is 1. The highest BCUT2D eigenvalue weighted by Crippen LogP contribution is 2.24. The van der Waals surface area contributed by atoms with Crippen molar-refractivity contribution in [2.75, 3.05) is 19.7 Å². The van der Waals surface area contributed by atoms with Gasteiger partial charge in [-0.1, -0.05) is 18.2 Å². The fourth-order valence-corrected chi connectivity index (χ4v) is 3.95. The number of benzene rings is 1. The molecule has 2 aromatic rings. The van der Waals surface area contributed by atoms with Crippen LogP contribution in [0.25, 0.3) is 0 Å². The molecule has 1 saturated heterocycles. The molecule has 0 spiro atoms. The third-order valence-corrected chi connectivity index (χ3v) is 5.48. The lowest BCUT2D eigenvalue weighted by molar-refractivity contribution is -0.00774. The second kappa shape index (κ2) is 6.23. The molecule has 1 aliphatic heterocycles. The Morgan fingerprint density at radius 3 is 2.74 bits per heavy atom. The molecule has 1 fully saturated rings. The van der Waals surface area contributed by atoms with Crippen LogP contribution in [0.15, 0.2) is 46.1 Å². The van der Waals surface area contributed by atoms with Gasteiger partial charge in [0.2, 0.25) is 10.0 Å². The van der Waals surface area contributed by atoms with Crippen molar-refractivity contribution in [2.24, 2.45) is 0 Å². The first kappa shape index (κ1) is 15.9. The van der Waals surface area contributed by atoms with E-state index < -0.39 is 16.1 Å². The Morgan fingerprint density at radius 2 is 2.04 bits per heavy atom. The summed E-state index contributed by atoms with van der Waals surface area (Å²) >= 11 is 0. The first-order valence-electron chi connectivity index (χ1n) is 7.21. The maximum Gasteiger partial charge on any atom is 0.251 e. The van der Waals surface area contributed by atoms with Gasteiger partial charge in [-0.15, -0.1) is 0 Å². The van der Waals surface area contributed by atoms with Crippen LogP contribution in [0.2, 0.25) is 0 Å². The minimum absolute atomic E-state index is 0.115. The van der Waals surface area contributed by atoms with Gasteiger partial charge in [0.05, 0.1) is 11.5 Å². The minimum Gasteiger partial charge on any atom is -0.368 e. The highest BCUT2D eigenvalue weighted by Gasteiger charge is 2.32. The summed E-state index contributed by atoms with van der Waals surface area (Å²) in [5, 5.41) is 0. The number of ether oxygens (including phenoxy) is 1. The third kappa shape index (κ3) is 3.34. The van der Waals surface area contributed by atoms with Crippen LogP contribution in [0.3, 0.4) is 0 Å². The Kier molecular flexibility index (Phi) is 4.29. The Morgan fingerprint density at radius 1 is 1.30 bits per heavy atom. The van der Waals surface area contributed by atoms with Gasteiger partial charge < -0.3 is 9.72 Å². The second-order valence-corrected chi connectivity index (χ2v) is 7.25. The summed E-state index contributed by atoms with van der Waals surface area (Å²) in [6, 6.07) is 9.64. The molecule has 1 N–H and O–H groups in total. The number of nitrogens with zero attached hydrogens (tertiary/aromatic N) is 2. The molecule has 1 aromatic heterocycles. The van der Waals surface area contributed by atoms with Crippen LogP contribution < -0.4 is 5.56 Å². The molecule has 0 amide bonds. The van der Waals surface area contributed by atoms with Crippen molar-refractivity contribution in [2.45, 2.75) is 17.9 Å². The number of H-pyrrole nitrogens is 1. The number of aromatic nitrogens is 2. The Hall–Kier alpha value is -2.03. The maximum absolute atomic E-state index is 12.7. The number of sulfonamides is 1. The Bertz CT molecular complexity index is 849. The molecule has 1 aromatic carbocycles. The molecule has 0 bridgehead atoms. The van der Waals surface area contributed by atoms with Crippen molar-refractivity contribution in [3.63, 3.8) is 0 Å². The third-order valence-electron chi connectivity index (χ3n) is 3.60. The van der Waals surface area contributed by atoms with E-state index in [4.69, 9.17) is 4.74 Å². The topological polar surface area (TPSA) is 92.4 Å².